The van der Waals surface area contributed by atoms with E-state index in [1.165, 1.54) is 23.7 Å². The van der Waals surface area contributed by atoms with Crippen molar-refractivity contribution in [1.82, 2.24) is 24.8 Å². The maximum atomic E-state index is 13.1. The summed E-state index contributed by atoms with van der Waals surface area (Å²) in [5.41, 5.74) is 14.9. The van der Waals surface area contributed by atoms with Gasteiger partial charge < -0.3 is 26.5 Å². The van der Waals surface area contributed by atoms with E-state index in [0.29, 0.717) is 11.7 Å². The van der Waals surface area contributed by atoms with E-state index in [1.54, 1.807) is 11.7 Å². The summed E-state index contributed by atoms with van der Waals surface area (Å²) in [6, 6.07) is 11.5. The van der Waals surface area contributed by atoms with Crippen LogP contribution in [-0.2, 0) is 4.74 Å². The molecule has 1 aromatic carbocycles. The van der Waals surface area contributed by atoms with E-state index < -0.39 is 0 Å². The largest absolute Gasteiger partial charge is 0.380 e. The van der Waals surface area contributed by atoms with Gasteiger partial charge >= 0.3 is 5.69 Å². The number of piperidine rings is 1. The number of hydrogen-bond donors (Lipinski definition) is 5. The molecule has 0 amide bonds. The maximum Gasteiger partial charge on any atom is 0.354 e. The molecule has 5 atom stereocenters. The molecule has 0 radical (unpaired) electrons. The van der Waals surface area contributed by atoms with Gasteiger partial charge in [0.25, 0.3) is 0 Å². The molecule has 11 heteroatoms. The number of nitrogens with one attached hydrogen (secondary N) is 3. The van der Waals surface area contributed by atoms with Crippen LogP contribution in [0.4, 0.5) is 0 Å². The summed E-state index contributed by atoms with van der Waals surface area (Å²) < 4.78 is 7.34. The third-order valence-corrected chi connectivity index (χ3v) is 9.22. The van der Waals surface area contributed by atoms with Gasteiger partial charge in [0.2, 0.25) is 0 Å². The molecule has 2 fully saturated rings. The minimum Gasteiger partial charge on any atom is -0.380 e. The van der Waals surface area contributed by atoms with E-state index in [1.807, 2.05) is 25.3 Å². The second kappa shape index (κ2) is 13.5. The van der Waals surface area contributed by atoms with Crippen molar-refractivity contribution < 1.29 is 4.74 Å². The van der Waals surface area contributed by atoms with Crippen LogP contribution in [0.1, 0.15) is 75.2 Å². The number of nitrogens with zero attached hydrogens (tertiary/aromatic N) is 3. The highest BCUT2D eigenvalue weighted by Crippen LogP contribution is 2.34. The molecule has 3 aromatic rings. The first kappa shape index (κ1) is 29.8. The molecule has 222 valence electrons. The third kappa shape index (κ3) is 7.39. The van der Waals surface area contributed by atoms with Gasteiger partial charge in [-0.25, -0.2) is 4.79 Å². The second-order valence-electron chi connectivity index (χ2n) is 11.6. The molecular weight excluding hydrogens is 536 g/mol. The summed E-state index contributed by atoms with van der Waals surface area (Å²) in [7, 11) is 1.77. The Hall–Kier alpha value is -2.70. The highest BCUT2D eigenvalue weighted by molar-refractivity contribution is 8.13. The van der Waals surface area contributed by atoms with E-state index >= 15 is 0 Å². The molecule has 5 rings (SSSR count). The molecule has 0 unspecified atom stereocenters. The Kier molecular flexibility index (Phi) is 9.82. The monoisotopic (exact) mass is 580 g/mol. The lowest BCUT2D eigenvalue weighted by Gasteiger charge is -2.31. The molecule has 0 saturated carbocycles. The van der Waals surface area contributed by atoms with Crippen LogP contribution in [0.2, 0.25) is 0 Å². The zero-order chi connectivity index (χ0) is 28.9. The van der Waals surface area contributed by atoms with Gasteiger partial charge in [0, 0.05) is 54.8 Å². The summed E-state index contributed by atoms with van der Waals surface area (Å²) in [5.74, 6) is 0.858. The first-order valence-electron chi connectivity index (χ1n) is 14.8. The lowest BCUT2D eigenvalue weighted by Crippen LogP contribution is -2.37. The fourth-order valence-electron chi connectivity index (χ4n) is 6.29. The summed E-state index contributed by atoms with van der Waals surface area (Å²) in [5, 5.41) is 12.3. The van der Waals surface area contributed by atoms with Crippen LogP contribution in [0, 0.1) is 5.41 Å². The van der Waals surface area contributed by atoms with E-state index in [0.717, 1.165) is 74.1 Å². The number of rotatable bonds is 11. The van der Waals surface area contributed by atoms with Gasteiger partial charge in [-0.05, 0) is 75.8 Å². The maximum absolute atomic E-state index is 13.1. The van der Waals surface area contributed by atoms with Crippen LogP contribution in [0.3, 0.4) is 0 Å². The second-order valence-corrected chi connectivity index (χ2v) is 12.7. The minimum atomic E-state index is -0.299. The molecule has 41 heavy (non-hydrogen) atoms. The zero-order valence-electron chi connectivity index (χ0n) is 24.1. The van der Waals surface area contributed by atoms with Crippen LogP contribution < -0.4 is 22.5 Å². The summed E-state index contributed by atoms with van der Waals surface area (Å²) in [6.45, 7) is 3.89. The van der Waals surface area contributed by atoms with Gasteiger partial charge in [0.15, 0.2) is 5.17 Å². The molecular formula is C30H44N8O2S. The van der Waals surface area contributed by atoms with Gasteiger partial charge in [0.1, 0.15) is 5.65 Å². The van der Waals surface area contributed by atoms with Crippen molar-refractivity contribution in [1.29, 1.82) is 5.41 Å². The van der Waals surface area contributed by atoms with Crippen LogP contribution in [0.5, 0.6) is 0 Å². The van der Waals surface area contributed by atoms with Crippen molar-refractivity contribution >= 4 is 28.0 Å². The Balaban J connectivity index is 1.30. The van der Waals surface area contributed by atoms with E-state index in [9.17, 15) is 4.79 Å². The molecule has 2 aromatic heterocycles. The number of hydrogen-bond acceptors (Lipinski definition) is 8. The highest BCUT2D eigenvalue weighted by Gasteiger charge is 2.34. The van der Waals surface area contributed by atoms with Crippen LogP contribution in [0.15, 0.2) is 41.3 Å². The number of aromatic nitrogens is 3. The molecule has 7 N–H and O–H groups in total. The predicted octanol–water partition coefficient (Wildman–Crippen LogP) is 3.80. The van der Waals surface area contributed by atoms with Crippen molar-refractivity contribution in [2.24, 2.45) is 11.5 Å². The number of thioether (sulfide) groups is 1. The number of H-pyrrole nitrogens is 1. The SMILES string of the molecule is CO[C@@H]1C[C@@H](c2cc3cn(-c4ccc([C@@H]5CCC[C@@H](CCSC(=N)N)N5)cc4)c(=O)nc3[nH]2)N(CCC[C@H](C)N)C1. The Morgan fingerprint density at radius 1 is 1.29 bits per heavy atom. The Bertz CT molecular complexity index is 1370. The normalized spacial score (nSPS) is 24.2. The fourth-order valence-corrected chi connectivity index (χ4v) is 6.91. The standard InChI is InChI=1S/C30H44N8O2S/c1-19(31)5-4-13-37-18-24(40-2)16-27(37)26-15-21-17-38(30(39)36-28(21)35-26)23-10-8-20(9-11-23)25-7-3-6-22(34-25)12-14-41-29(32)33/h8-11,15,17,19,22,24-25,27,34H,3-7,12-14,16,18,31H2,1-2H3,(H3,32,33)(H,35,36,39)/t19-,22-,24+,25-,27-/m0/s1. The van der Waals surface area contributed by atoms with E-state index in [2.05, 4.69) is 38.4 Å². The number of nitrogens with two attached hydrogens (primary N) is 2. The lowest BCUT2D eigenvalue weighted by molar-refractivity contribution is 0.108. The number of benzene rings is 1. The molecule has 0 spiro atoms. The molecule has 2 saturated heterocycles. The van der Waals surface area contributed by atoms with Gasteiger partial charge in [-0.1, -0.05) is 30.3 Å². The Morgan fingerprint density at radius 3 is 2.83 bits per heavy atom. The van der Waals surface area contributed by atoms with Crippen molar-refractivity contribution in [3.63, 3.8) is 0 Å². The van der Waals surface area contributed by atoms with Gasteiger partial charge in [-0.15, -0.1) is 0 Å². The third-order valence-electron chi connectivity index (χ3n) is 8.47. The smallest absolute Gasteiger partial charge is 0.354 e. The van der Waals surface area contributed by atoms with Gasteiger partial charge in [-0.3, -0.25) is 14.9 Å². The first-order chi connectivity index (χ1) is 19.8. The molecule has 2 aliphatic rings. The molecule has 2 aliphatic heterocycles. The number of amidine groups is 1. The topological polar surface area (TPSA) is 151 Å². The number of likely N-dealkylation sites (tertiary alicyclic amines) is 1. The number of methoxy groups -OCH3 is 1. The Labute approximate surface area is 246 Å². The van der Waals surface area contributed by atoms with Crippen LogP contribution in [0.25, 0.3) is 16.7 Å². The van der Waals surface area contributed by atoms with Crippen molar-refractivity contribution in [3.8, 4) is 5.69 Å². The minimum absolute atomic E-state index is 0.181. The highest BCUT2D eigenvalue weighted by atomic mass is 32.2. The molecule has 0 bridgehead atoms. The van der Waals surface area contributed by atoms with E-state index in [-0.39, 0.29) is 35.1 Å². The summed E-state index contributed by atoms with van der Waals surface area (Å²) in [6.07, 6.45) is 9.40. The number of aromatic amines is 1. The van der Waals surface area contributed by atoms with Crippen molar-refractivity contribution in [3.05, 3.63) is 58.3 Å². The lowest BCUT2D eigenvalue weighted by atomic mass is 9.92. The zero-order valence-corrected chi connectivity index (χ0v) is 25.0. The van der Waals surface area contributed by atoms with Crippen LogP contribution >= 0.6 is 11.8 Å². The van der Waals surface area contributed by atoms with Gasteiger partial charge in [0.05, 0.1) is 17.8 Å². The summed E-state index contributed by atoms with van der Waals surface area (Å²) >= 11 is 1.41. The summed E-state index contributed by atoms with van der Waals surface area (Å²) in [4.78, 5) is 23.4. The van der Waals surface area contributed by atoms with Gasteiger partial charge in [-0.2, -0.15) is 4.98 Å². The average molecular weight is 581 g/mol. The molecule has 10 nitrogen and oxygen atoms in total. The van der Waals surface area contributed by atoms with Crippen molar-refractivity contribution in [2.45, 2.75) is 82.1 Å². The molecule has 0 aliphatic carbocycles. The number of ether oxygens (including phenoxy) is 1. The first-order valence-corrected chi connectivity index (χ1v) is 15.8. The Morgan fingerprint density at radius 2 is 2.10 bits per heavy atom. The molecule has 4 heterocycles. The fraction of sp³-hybridized carbons (Fsp3) is 0.567. The average Bonchev–Trinajstić information content (AvgIpc) is 3.56. The van der Waals surface area contributed by atoms with Crippen molar-refractivity contribution in [2.75, 3.05) is 26.0 Å². The number of fused-ring (bicyclic) bond motifs is 1. The quantitative estimate of drug-likeness (QED) is 0.170. The van der Waals surface area contributed by atoms with E-state index in [4.69, 9.17) is 21.6 Å². The van der Waals surface area contributed by atoms with Crippen LogP contribution in [-0.4, -0.2) is 68.7 Å². The predicted molar refractivity (Wildman–Crippen MR) is 167 cm³/mol.